The van der Waals surface area contributed by atoms with Crippen LogP contribution in [-0.2, 0) is 14.3 Å². The first-order valence-corrected chi connectivity index (χ1v) is 7.63. The summed E-state index contributed by atoms with van der Waals surface area (Å²) >= 11 is 0. The number of carboxylic acids is 1. The first-order chi connectivity index (χ1) is 10.1. The smallest absolute Gasteiger partial charge is 0.322 e. The molecule has 3 aliphatic carbocycles. The predicted octanol–water partition coefficient (Wildman–Crippen LogP) is 1.79. The van der Waals surface area contributed by atoms with Gasteiger partial charge in [-0.25, -0.2) is 0 Å². The molecule has 0 aromatic carbocycles. The number of carboxylic acid groups (broad SMARTS) is 1. The molecule has 5 heteroatoms. The van der Waals surface area contributed by atoms with Gasteiger partial charge in [-0.3, -0.25) is 9.59 Å². The van der Waals surface area contributed by atoms with Gasteiger partial charge in [0.1, 0.15) is 13.2 Å². The van der Waals surface area contributed by atoms with Crippen LogP contribution in [0.5, 0.6) is 0 Å². The molecule has 0 aliphatic heterocycles. The average Bonchev–Trinajstić information content (AvgIpc) is 2.91. The summed E-state index contributed by atoms with van der Waals surface area (Å²) in [6.07, 6.45) is 7.19. The number of carbonyl (C=O) groups excluding carboxylic acids is 1. The van der Waals surface area contributed by atoms with Gasteiger partial charge in [0.25, 0.3) is 0 Å². The van der Waals surface area contributed by atoms with Crippen LogP contribution >= 0.6 is 0 Å². The third-order valence-corrected chi connectivity index (χ3v) is 4.75. The van der Waals surface area contributed by atoms with Crippen LogP contribution in [0.15, 0.2) is 22.3 Å². The van der Waals surface area contributed by atoms with Crippen molar-refractivity contribution in [3.05, 3.63) is 22.3 Å². The number of carbonyl (C=O) groups is 2. The van der Waals surface area contributed by atoms with Crippen molar-refractivity contribution in [3.8, 4) is 0 Å². The number of hydrogen-bond acceptors (Lipinski definition) is 3. The highest BCUT2D eigenvalue weighted by Crippen LogP contribution is 2.50. The van der Waals surface area contributed by atoms with E-state index >= 15 is 0 Å². The second-order valence-electron chi connectivity index (χ2n) is 6.03. The maximum Gasteiger partial charge on any atom is 0.322 e. The van der Waals surface area contributed by atoms with Crippen LogP contribution in [-0.4, -0.2) is 36.7 Å². The minimum Gasteiger partial charge on any atom is -0.480 e. The Bertz CT molecular complexity index is 504. The van der Waals surface area contributed by atoms with Crippen molar-refractivity contribution >= 4 is 11.9 Å². The maximum atomic E-state index is 11.5. The van der Waals surface area contributed by atoms with E-state index in [1.807, 2.05) is 0 Å². The van der Waals surface area contributed by atoms with Gasteiger partial charge in [-0.1, -0.05) is 22.3 Å². The number of rotatable bonds is 6. The number of amides is 1. The molecule has 0 heterocycles. The second kappa shape index (κ2) is 6.02. The number of fused-ring (bicyclic) bond motifs is 4. The molecule has 0 saturated heterocycles. The molecular formula is C16H21NO4. The maximum absolute atomic E-state index is 11.5. The Balaban J connectivity index is 1.53. The monoisotopic (exact) mass is 291 g/mol. The highest BCUT2D eigenvalue weighted by Gasteiger charge is 2.35. The number of aliphatic carboxylic acids is 1. The van der Waals surface area contributed by atoms with Gasteiger partial charge in [-0.15, -0.1) is 0 Å². The van der Waals surface area contributed by atoms with E-state index in [9.17, 15) is 9.59 Å². The molecule has 2 saturated carbocycles. The molecular weight excluding hydrogens is 270 g/mol. The summed E-state index contributed by atoms with van der Waals surface area (Å²) in [4.78, 5) is 21.8. The molecule has 114 valence electrons. The van der Waals surface area contributed by atoms with E-state index in [1.54, 1.807) is 22.3 Å². The number of nitrogens with one attached hydrogen (secondary N) is 1. The number of hydrogen-bond donors (Lipinski definition) is 2. The summed E-state index contributed by atoms with van der Waals surface area (Å²) in [7, 11) is 0. The molecule has 21 heavy (non-hydrogen) atoms. The Morgan fingerprint density at radius 2 is 1.81 bits per heavy atom. The zero-order valence-electron chi connectivity index (χ0n) is 12.1. The van der Waals surface area contributed by atoms with E-state index < -0.39 is 5.97 Å². The largest absolute Gasteiger partial charge is 0.480 e. The fraction of sp³-hybridized carbons (Fsp3) is 0.625. The number of allylic oxidation sites excluding steroid dienone is 2. The first-order valence-electron chi connectivity index (χ1n) is 7.63. The quantitative estimate of drug-likeness (QED) is 0.732. The van der Waals surface area contributed by atoms with Crippen molar-refractivity contribution in [2.24, 2.45) is 5.92 Å². The van der Waals surface area contributed by atoms with Crippen LogP contribution in [0.25, 0.3) is 0 Å². The Labute approximate surface area is 124 Å². The Morgan fingerprint density at radius 3 is 2.43 bits per heavy atom. The molecule has 1 amide bonds. The summed E-state index contributed by atoms with van der Waals surface area (Å²) in [5.74, 6) is -1.02. The highest BCUT2D eigenvalue weighted by molar-refractivity contribution is 5.81. The van der Waals surface area contributed by atoms with Gasteiger partial charge in [0.2, 0.25) is 5.91 Å². The summed E-state index contributed by atoms with van der Waals surface area (Å²) in [5, 5.41) is 10.8. The molecule has 3 rings (SSSR count). The summed E-state index contributed by atoms with van der Waals surface area (Å²) in [5.41, 5.74) is 6.33. The van der Waals surface area contributed by atoms with Gasteiger partial charge >= 0.3 is 5.97 Å². The molecule has 0 radical (unpaired) electrons. The lowest BCUT2D eigenvalue weighted by Gasteiger charge is -2.34. The second-order valence-corrected chi connectivity index (χ2v) is 6.03. The van der Waals surface area contributed by atoms with Gasteiger partial charge in [0, 0.05) is 5.92 Å². The third kappa shape index (κ3) is 3.02. The van der Waals surface area contributed by atoms with Crippen molar-refractivity contribution in [1.82, 2.24) is 5.32 Å². The predicted molar refractivity (Wildman–Crippen MR) is 76.7 cm³/mol. The minimum atomic E-state index is -1.04. The number of ether oxygens (including phenoxy) is 1. The van der Waals surface area contributed by atoms with Gasteiger partial charge < -0.3 is 15.2 Å². The molecule has 4 bridgehead atoms. The van der Waals surface area contributed by atoms with Crippen molar-refractivity contribution in [3.63, 3.8) is 0 Å². The minimum absolute atomic E-state index is 0.0605. The van der Waals surface area contributed by atoms with Crippen molar-refractivity contribution in [1.29, 1.82) is 0 Å². The molecule has 3 aliphatic rings. The average molecular weight is 291 g/mol. The van der Waals surface area contributed by atoms with Gasteiger partial charge in [0.15, 0.2) is 0 Å². The highest BCUT2D eigenvalue weighted by atomic mass is 16.5. The van der Waals surface area contributed by atoms with E-state index in [1.165, 1.54) is 38.5 Å². The van der Waals surface area contributed by atoms with E-state index in [0.717, 1.165) is 0 Å². The summed E-state index contributed by atoms with van der Waals surface area (Å²) in [6.45, 7) is 0.142. The summed E-state index contributed by atoms with van der Waals surface area (Å²) in [6, 6.07) is 0. The van der Waals surface area contributed by atoms with Gasteiger partial charge in [-0.2, -0.15) is 0 Å². The van der Waals surface area contributed by atoms with Crippen molar-refractivity contribution < 1.29 is 19.4 Å². The molecule has 0 aromatic rings. The Kier molecular flexibility index (Phi) is 4.10. The molecule has 0 atom stereocenters. The van der Waals surface area contributed by atoms with Gasteiger partial charge in [0.05, 0.1) is 6.61 Å². The van der Waals surface area contributed by atoms with Gasteiger partial charge in [-0.05, 0) is 38.5 Å². The van der Waals surface area contributed by atoms with Crippen LogP contribution in [0.4, 0.5) is 0 Å². The molecule has 5 nitrogen and oxygen atoms in total. The molecule has 2 N–H and O–H groups in total. The van der Waals surface area contributed by atoms with E-state index in [-0.39, 0.29) is 19.1 Å². The van der Waals surface area contributed by atoms with Crippen LogP contribution in [0.1, 0.15) is 38.5 Å². The SMILES string of the molecule is O=C(O)CNC(=O)COCC1C2=C3CCC(=C1CCC2)C3. The fourth-order valence-electron chi connectivity index (χ4n) is 3.85. The van der Waals surface area contributed by atoms with Crippen molar-refractivity contribution in [2.75, 3.05) is 19.8 Å². The Hall–Kier alpha value is -1.62. The zero-order chi connectivity index (χ0) is 14.8. The van der Waals surface area contributed by atoms with Crippen LogP contribution in [0.3, 0.4) is 0 Å². The topological polar surface area (TPSA) is 75.6 Å². The lowest BCUT2D eigenvalue weighted by molar-refractivity contribution is -0.138. The van der Waals surface area contributed by atoms with E-state index in [4.69, 9.17) is 9.84 Å². The van der Waals surface area contributed by atoms with E-state index in [2.05, 4.69) is 5.32 Å². The van der Waals surface area contributed by atoms with Crippen molar-refractivity contribution in [2.45, 2.75) is 38.5 Å². The lowest BCUT2D eigenvalue weighted by atomic mass is 9.73. The molecule has 0 spiro atoms. The van der Waals surface area contributed by atoms with E-state index in [0.29, 0.717) is 12.5 Å². The Morgan fingerprint density at radius 1 is 1.14 bits per heavy atom. The fourth-order valence-corrected chi connectivity index (χ4v) is 3.85. The molecule has 2 fully saturated rings. The van der Waals surface area contributed by atoms with Crippen LogP contribution in [0.2, 0.25) is 0 Å². The van der Waals surface area contributed by atoms with Crippen LogP contribution in [0, 0.1) is 5.92 Å². The first kappa shape index (κ1) is 14.3. The molecule has 0 unspecified atom stereocenters. The molecule has 0 aromatic heterocycles. The third-order valence-electron chi connectivity index (χ3n) is 4.75. The standard InChI is InChI=1S/C16H21NO4/c18-15(17-7-16(19)20)9-21-8-14-12-2-1-3-13(14)11-5-4-10(12)6-11/h14H,1-9H2,(H,17,18)(H,19,20). The zero-order valence-corrected chi connectivity index (χ0v) is 12.1. The van der Waals surface area contributed by atoms with Crippen LogP contribution < -0.4 is 5.32 Å². The normalized spacial score (nSPS) is 21.0. The lowest BCUT2D eigenvalue weighted by Crippen LogP contribution is -2.33. The summed E-state index contributed by atoms with van der Waals surface area (Å²) < 4.78 is 5.55.